The van der Waals surface area contributed by atoms with Gasteiger partial charge in [-0.15, -0.1) is 0 Å². The molecule has 0 atom stereocenters. The fraction of sp³-hybridized carbons (Fsp3) is 0.133. The summed E-state index contributed by atoms with van der Waals surface area (Å²) < 4.78 is 5.20. The van der Waals surface area contributed by atoms with Gasteiger partial charge >= 0.3 is 5.97 Å². The van der Waals surface area contributed by atoms with Gasteiger partial charge in [0.2, 0.25) is 0 Å². The van der Waals surface area contributed by atoms with E-state index < -0.39 is 17.8 Å². The second-order valence-corrected chi connectivity index (χ2v) is 4.48. The minimum absolute atomic E-state index is 0.0152. The lowest BCUT2D eigenvalue weighted by molar-refractivity contribution is -0.140. The van der Waals surface area contributed by atoms with Crippen LogP contribution in [0.15, 0.2) is 36.4 Å². The molecule has 0 unspecified atom stereocenters. The van der Waals surface area contributed by atoms with E-state index in [0.29, 0.717) is 5.76 Å². The van der Waals surface area contributed by atoms with E-state index in [0.717, 1.165) is 16.0 Å². The summed E-state index contributed by atoms with van der Waals surface area (Å²) in [5.41, 5.74) is 1.93. The standard InChI is InChI=1S/C15H11NO4/c17-13-5-6-14(18)16(13)8-7-15(19)20-12-9-10-3-1-2-4-11(10)12/h1-6,9H,7-8H2. The van der Waals surface area contributed by atoms with Crippen molar-refractivity contribution in [2.45, 2.75) is 6.42 Å². The Bertz CT molecular complexity index is 654. The summed E-state index contributed by atoms with van der Waals surface area (Å²) in [4.78, 5) is 35.3. The van der Waals surface area contributed by atoms with E-state index in [-0.39, 0.29) is 13.0 Å². The van der Waals surface area contributed by atoms with Crippen LogP contribution in [0.2, 0.25) is 0 Å². The van der Waals surface area contributed by atoms with E-state index in [1.165, 1.54) is 12.2 Å². The highest BCUT2D eigenvalue weighted by molar-refractivity contribution is 6.13. The Hall–Kier alpha value is -2.69. The fourth-order valence-electron chi connectivity index (χ4n) is 2.10. The topological polar surface area (TPSA) is 63.7 Å². The van der Waals surface area contributed by atoms with Crippen molar-refractivity contribution >= 4 is 29.6 Å². The van der Waals surface area contributed by atoms with Crippen LogP contribution in [0.1, 0.15) is 17.5 Å². The predicted octanol–water partition coefficient (Wildman–Crippen LogP) is 1.36. The molecule has 0 radical (unpaired) electrons. The Morgan fingerprint density at radius 2 is 1.80 bits per heavy atom. The van der Waals surface area contributed by atoms with Gasteiger partial charge in [-0.3, -0.25) is 19.3 Å². The SMILES string of the molecule is O=C(CCN1C(=O)C=CC1=O)OC1=Cc2ccccc21. The second kappa shape index (κ2) is 4.77. The van der Waals surface area contributed by atoms with Crippen LogP contribution in [0.5, 0.6) is 0 Å². The number of benzene rings is 1. The van der Waals surface area contributed by atoms with Gasteiger partial charge < -0.3 is 4.74 Å². The molecule has 5 nitrogen and oxygen atoms in total. The van der Waals surface area contributed by atoms with Crippen LogP contribution >= 0.6 is 0 Å². The number of carbonyl (C=O) groups excluding carboxylic acids is 3. The first-order chi connectivity index (χ1) is 9.65. The van der Waals surface area contributed by atoms with E-state index in [4.69, 9.17) is 4.74 Å². The van der Waals surface area contributed by atoms with Crippen molar-refractivity contribution in [3.8, 4) is 0 Å². The van der Waals surface area contributed by atoms with E-state index in [2.05, 4.69) is 0 Å². The average molecular weight is 269 g/mol. The molecular formula is C15H11NO4. The van der Waals surface area contributed by atoms with Crippen molar-refractivity contribution < 1.29 is 19.1 Å². The number of carbonyl (C=O) groups is 3. The van der Waals surface area contributed by atoms with E-state index in [9.17, 15) is 14.4 Å². The van der Waals surface area contributed by atoms with Crippen molar-refractivity contribution in [3.05, 3.63) is 47.5 Å². The molecule has 3 rings (SSSR count). The molecule has 2 amide bonds. The van der Waals surface area contributed by atoms with Gasteiger partial charge in [0.25, 0.3) is 11.8 Å². The Morgan fingerprint density at radius 1 is 1.10 bits per heavy atom. The van der Waals surface area contributed by atoms with Crippen LogP contribution in [-0.2, 0) is 19.1 Å². The van der Waals surface area contributed by atoms with Crippen LogP contribution in [0.25, 0.3) is 11.8 Å². The molecule has 0 fully saturated rings. The number of esters is 1. The summed E-state index contributed by atoms with van der Waals surface area (Å²) in [6.07, 6.45) is 4.15. The van der Waals surface area contributed by atoms with Crippen molar-refractivity contribution in [2.75, 3.05) is 6.54 Å². The van der Waals surface area contributed by atoms with Gasteiger partial charge in [0.1, 0.15) is 5.76 Å². The zero-order valence-electron chi connectivity index (χ0n) is 10.5. The molecule has 5 heteroatoms. The summed E-state index contributed by atoms with van der Waals surface area (Å²) >= 11 is 0. The van der Waals surface area contributed by atoms with E-state index in [1.807, 2.05) is 24.3 Å². The van der Waals surface area contributed by atoms with Gasteiger partial charge in [0.05, 0.1) is 6.42 Å². The molecule has 1 aromatic carbocycles. The highest BCUT2D eigenvalue weighted by Crippen LogP contribution is 2.32. The molecule has 1 heterocycles. The first-order valence-corrected chi connectivity index (χ1v) is 6.20. The smallest absolute Gasteiger partial charge is 0.313 e. The number of fused-ring (bicyclic) bond motifs is 1. The minimum atomic E-state index is -0.460. The normalized spacial score (nSPS) is 15.8. The Morgan fingerprint density at radius 3 is 2.50 bits per heavy atom. The zero-order valence-corrected chi connectivity index (χ0v) is 10.5. The van der Waals surface area contributed by atoms with Crippen LogP contribution in [0.4, 0.5) is 0 Å². The van der Waals surface area contributed by atoms with Crippen molar-refractivity contribution in [1.82, 2.24) is 4.90 Å². The third kappa shape index (κ3) is 2.14. The van der Waals surface area contributed by atoms with Gasteiger partial charge in [0.15, 0.2) is 0 Å². The highest BCUT2D eigenvalue weighted by atomic mass is 16.5. The molecule has 20 heavy (non-hydrogen) atoms. The average Bonchev–Trinajstić information content (AvgIpc) is 2.73. The minimum Gasteiger partial charge on any atom is -0.426 e. The predicted molar refractivity (Wildman–Crippen MR) is 70.9 cm³/mol. The van der Waals surface area contributed by atoms with Gasteiger partial charge in [-0.2, -0.15) is 0 Å². The molecule has 2 aliphatic rings. The van der Waals surface area contributed by atoms with Crippen LogP contribution < -0.4 is 0 Å². The molecule has 0 N–H and O–H groups in total. The maximum Gasteiger partial charge on any atom is 0.313 e. The summed E-state index contributed by atoms with van der Waals surface area (Å²) in [6, 6.07) is 7.58. The maximum absolute atomic E-state index is 11.7. The summed E-state index contributed by atoms with van der Waals surface area (Å²) in [6.45, 7) is 0.0401. The summed E-state index contributed by atoms with van der Waals surface area (Å²) in [5.74, 6) is -0.715. The number of rotatable bonds is 4. The van der Waals surface area contributed by atoms with Gasteiger partial charge in [-0.05, 0) is 11.6 Å². The van der Waals surface area contributed by atoms with Crippen LogP contribution in [0, 0.1) is 0 Å². The molecule has 0 aromatic heterocycles. The quantitative estimate of drug-likeness (QED) is 0.611. The third-order valence-electron chi connectivity index (χ3n) is 3.18. The Kier molecular flexibility index (Phi) is 2.95. The van der Waals surface area contributed by atoms with Gasteiger partial charge in [-0.1, -0.05) is 24.3 Å². The number of hydrogen-bond donors (Lipinski definition) is 0. The van der Waals surface area contributed by atoms with Crippen molar-refractivity contribution in [1.29, 1.82) is 0 Å². The fourth-order valence-corrected chi connectivity index (χ4v) is 2.10. The maximum atomic E-state index is 11.7. The molecule has 0 bridgehead atoms. The monoisotopic (exact) mass is 269 g/mol. The first kappa shape index (κ1) is 12.3. The van der Waals surface area contributed by atoms with Crippen molar-refractivity contribution in [3.63, 3.8) is 0 Å². The lowest BCUT2D eigenvalue weighted by Gasteiger charge is -2.19. The van der Waals surface area contributed by atoms with Crippen LogP contribution in [-0.4, -0.2) is 29.2 Å². The summed E-state index contributed by atoms with van der Waals surface area (Å²) in [5, 5.41) is 0. The summed E-state index contributed by atoms with van der Waals surface area (Å²) in [7, 11) is 0. The lowest BCUT2D eigenvalue weighted by Crippen LogP contribution is -2.32. The Balaban J connectivity index is 1.52. The molecule has 0 saturated heterocycles. The number of nitrogens with zero attached hydrogens (tertiary/aromatic N) is 1. The van der Waals surface area contributed by atoms with Gasteiger partial charge in [-0.25, -0.2) is 0 Å². The van der Waals surface area contributed by atoms with Crippen molar-refractivity contribution in [2.24, 2.45) is 0 Å². The zero-order chi connectivity index (χ0) is 14.1. The molecule has 1 aliphatic heterocycles. The molecule has 0 saturated carbocycles. The number of imide groups is 1. The first-order valence-electron chi connectivity index (χ1n) is 6.20. The molecular weight excluding hydrogens is 258 g/mol. The Labute approximate surface area is 115 Å². The molecule has 0 spiro atoms. The highest BCUT2D eigenvalue weighted by Gasteiger charge is 2.25. The van der Waals surface area contributed by atoms with E-state index in [1.54, 1.807) is 6.08 Å². The second-order valence-electron chi connectivity index (χ2n) is 4.48. The molecule has 1 aromatic rings. The number of ether oxygens (including phenoxy) is 1. The van der Waals surface area contributed by atoms with Gasteiger partial charge in [0, 0.05) is 24.3 Å². The third-order valence-corrected chi connectivity index (χ3v) is 3.18. The number of amides is 2. The molecule has 1 aliphatic carbocycles. The van der Waals surface area contributed by atoms with Crippen LogP contribution in [0.3, 0.4) is 0 Å². The largest absolute Gasteiger partial charge is 0.426 e. The number of hydrogen-bond acceptors (Lipinski definition) is 4. The molecule has 100 valence electrons. The van der Waals surface area contributed by atoms with E-state index >= 15 is 0 Å². The lowest BCUT2D eigenvalue weighted by atomic mass is 9.96.